The molecule has 142 valence electrons. The van der Waals surface area contributed by atoms with Crippen LogP contribution in [0.5, 0.6) is 11.5 Å². The van der Waals surface area contributed by atoms with E-state index >= 15 is 0 Å². The third kappa shape index (κ3) is 3.93. The summed E-state index contributed by atoms with van der Waals surface area (Å²) in [6.07, 6.45) is 2.18. The maximum atomic E-state index is 12.9. The third-order valence-electron chi connectivity index (χ3n) is 4.94. The Morgan fingerprint density at radius 2 is 1.81 bits per heavy atom. The summed E-state index contributed by atoms with van der Waals surface area (Å²) < 4.78 is 16.0. The molecular formula is C19H26N2O5. The number of carbonyl (C=O) groups is 2. The molecule has 3 rings (SSSR count). The number of rotatable bonds is 4. The lowest BCUT2D eigenvalue weighted by molar-refractivity contribution is -0.140. The Labute approximate surface area is 153 Å². The first-order chi connectivity index (χ1) is 12.6. The summed E-state index contributed by atoms with van der Waals surface area (Å²) in [5.74, 6) is 1.10. The van der Waals surface area contributed by atoms with E-state index in [1.807, 2.05) is 4.90 Å². The number of nitrogens with zero attached hydrogens (tertiary/aromatic N) is 2. The van der Waals surface area contributed by atoms with Crippen LogP contribution >= 0.6 is 0 Å². The summed E-state index contributed by atoms with van der Waals surface area (Å²) in [4.78, 5) is 29.1. The second-order valence-corrected chi connectivity index (χ2v) is 6.54. The van der Waals surface area contributed by atoms with Gasteiger partial charge in [-0.3, -0.25) is 9.59 Å². The van der Waals surface area contributed by atoms with Gasteiger partial charge in [-0.05, 0) is 31.4 Å². The lowest BCUT2D eigenvalue weighted by Gasteiger charge is -2.24. The maximum absolute atomic E-state index is 12.9. The van der Waals surface area contributed by atoms with Crippen LogP contribution in [0.15, 0.2) is 18.2 Å². The molecule has 0 saturated carbocycles. The molecule has 7 heteroatoms. The average Bonchev–Trinajstić information content (AvgIpc) is 3.11. The number of methoxy groups -OCH3 is 2. The SMILES string of the molecule is COc1ccc(C(=O)N2CCCN(C(=O)C3CCCO3)CC2)c(OC)c1. The molecule has 2 heterocycles. The van der Waals surface area contributed by atoms with Crippen molar-refractivity contribution in [1.29, 1.82) is 0 Å². The summed E-state index contributed by atoms with van der Waals surface area (Å²) in [5, 5.41) is 0. The Bertz CT molecular complexity index is 657. The molecule has 0 bridgehead atoms. The van der Waals surface area contributed by atoms with E-state index in [2.05, 4.69) is 0 Å². The van der Waals surface area contributed by atoms with E-state index in [0.717, 1.165) is 19.3 Å². The topological polar surface area (TPSA) is 68.3 Å². The molecule has 0 spiro atoms. The average molecular weight is 362 g/mol. The largest absolute Gasteiger partial charge is 0.497 e. The Morgan fingerprint density at radius 3 is 2.50 bits per heavy atom. The molecule has 2 aliphatic rings. The smallest absolute Gasteiger partial charge is 0.257 e. The van der Waals surface area contributed by atoms with Gasteiger partial charge in [-0.1, -0.05) is 0 Å². The summed E-state index contributed by atoms with van der Waals surface area (Å²) in [5.41, 5.74) is 0.507. The summed E-state index contributed by atoms with van der Waals surface area (Å²) >= 11 is 0. The molecule has 0 radical (unpaired) electrons. The molecule has 7 nitrogen and oxygen atoms in total. The zero-order valence-corrected chi connectivity index (χ0v) is 15.4. The number of carbonyl (C=O) groups excluding carboxylic acids is 2. The summed E-state index contributed by atoms with van der Waals surface area (Å²) in [6.45, 7) is 2.97. The van der Waals surface area contributed by atoms with Crippen LogP contribution in [0.25, 0.3) is 0 Å². The first-order valence-corrected chi connectivity index (χ1v) is 9.05. The standard InChI is InChI=1S/C19H26N2O5/c1-24-14-6-7-15(17(13-14)25-2)18(22)20-8-4-9-21(11-10-20)19(23)16-5-3-12-26-16/h6-7,13,16H,3-5,8-12H2,1-2H3. The van der Waals surface area contributed by atoms with Crippen LogP contribution in [0.1, 0.15) is 29.6 Å². The van der Waals surface area contributed by atoms with Crippen LogP contribution in [-0.2, 0) is 9.53 Å². The van der Waals surface area contributed by atoms with Crippen molar-refractivity contribution >= 4 is 11.8 Å². The van der Waals surface area contributed by atoms with Gasteiger partial charge >= 0.3 is 0 Å². The van der Waals surface area contributed by atoms with Crippen LogP contribution < -0.4 is 9.47 Å². The normalized spacial score (nSPS) is 20.6. The van der Waals surface area contributed by atoms with E-state index in [4.69, 9.17) is 14.2 Å². The zero-order valence-electron chi connectivity index (χ0n) is 15.4. The van der Waals surface area contributed by atoms with Crippen LogP contribution in [-0.4, -0.2) is 74.7 Å². The number of amides is 2. The fourth-order valence-corrected chi connectivity index (χ4v) is 3.46. The van der Waals surface area contributed by atoms with Gasteiger partial charge in [0, 0.05) is 38.9 Å². The Morgan fingerprint density at radius 1 is 1.04 bits per heavy atom. The van der Waals surface area contributed by atoms with Crippen molar-refractivity contribution in [2.75, 3.05) is 47.0 Å². The van der Waals surface area contributed by atoms with Crippen molar-refractivity contribution in [1.82, 2.24) is 9.80 Å². The first kappa shape index (κ1) is 18.5. The molecular weight excluding hydrogens is 336 g/mol. The van der Waals surface area contributed by atoms with Gasteiger partial charge in [-0.2, -0.15) is 0 Å². The van der Waals surface area contributed by atoms with E-state index < -0.39 is 0 Å². The molecule has 0 aromatic heterocycles. The van der Waals surface area contributed by atoms with Gasteiger partial charge < -0.3 is 24.0 Å². The predicted octanol–water partition coefficient (Wildman–Crippen LogP) is 1.56. The molecule has 2 fully saturated rings. The van der Waals surface area contributed by atoms with E-state index in [1.165, 1.54) is 7.11 Å². The Hall–Kier alpha value is -2.28. The van der Waals surface area contributed by atoms with Crippen molar-refractivity contribution in [3.63, 3.8) is 0 Å². The minimum atomic E-state index is -0.307. The van der Waals surface area contributed by atoms with Gasteiger partial charge in [0.1, 0.15) is 17.6 Å². The minimum absolute atomic E-state index is 0.0545. The summed E-state index contributed by atoms with van der Waals surface area (Å²) in [7, 11) is 3.11. The third-order valence-corrected chi connectivity index (χ3v) is 4.94. The second kappa shape index (κ2) is 8.40. The second-order valence-electron chi connectivity index (χ2n) is 6.54. The van der Waals surface area contributed by atoms with Crippen molar-refractivity contribution in [3.05, 3.63) is 23.8 Å². The zero-order chi connectivity index (χ0) is 18.5. The van der Waals surface area contributed by atoms with E-state index in [9.17, 15) is 9.59 Å². The molecule has 2 amide bonds. The lowest BCUT2D eigenvalue weighted by Crippen LogP contribution is -2.41. The first-order valence-electron chi connectivity index (χ1n) is 9.05. The van der Waals surface area contributed by atoms with Crippen molar-refractivity contribution in [2.45, 2.75) is 25.4 Å². The quantitative estimate of drug-likeness (QED) is 0.813. The highest BCUT2D eigenvalue weighted by Gasteiger charge is 2.30. The van der Waals surface area contributed by atoms with Gasteiger partial charge in [0.2, 0.25) is 0 Å². The van der Waals surface area contributed by atoms with Crippen LogP contribution in [0.4, 0.5) is 0 Å². The number of ether oxygens (including phenoxy) is 3. The molecule has 2 saturated heterocycles. The van der Waals surface area contributed by atoms with Gasteiger partial charge in [0.05, 0.1) is 19.8 Å². The molecule has 1 aromatic carbocycles. The highest BCUT2D eigenvalue weighted by Crippen LogP contribution is 2.26. The van der Waals surface area contributed by atoms with Crippen LogP contribution in [0, 0.1) is 0 Å². The Balaban J connectivity index is 1.67. The summed E-state index contributed by atoms with van der Waals surface area (Å²) in [6, 6.07) is 5.18. The van der Waals surface area contributed by atoms with Gasteiger partial charge in [0.25, 0.3) is 11.8 Å². The van der Waals surface area contributed by atoms with Gasteiger partial charge in [0.15, 0.2) is 0 Å². The fraction of sp³-hybridized carbons (Fsp3) is 0.579. The highest BCUT2D eigenvalue weighted by molar-refractivity contribution is 5.97. The Kier molecular flexibility index (Phi) is 5.98. The molecule has 1 unspecified atom stereocenters. The van der Waals surface area contributed by atoms with Crippen molar-refractivity contribution in [3.8, 4) is 11.5 Å². The van der Waals surface area contributed by atoms with E-state index in [-0.39, 0.29) is 17.9 Å². The molecule has 1 atom stereocenters. The van der Waals surface area contributed by atoms with Crippen molar-refractivity contribution < 1.29 is 23.8 Å². The molecule has 1 aromatic rings. The fourth-order valence-electron chi connectivity index (χ4n) is 3.46. The number of benzene rings is 1. The predicted molar refractivity (Wildman–Crippen MR) is 95.6 cm³/mol. The molecule has 2 aliphatic heterocycles. The molecule has 26 heavy (non-hydrogen) atoms. The van der Waals surface area contributed by atoms with Crippen molar-refractivity contribution in [2.24, 2.45) is 0 Å². The highest BCUT2D eigenvalue weighted by atomic mass is 16.5. The van der Waals surface area contributed by atoms with Crippen LogP contribution in [0.3, 0.4) is 0 Å². The molecule has 0 aliphatic carbocycles. The van der Waals surface area contributed by atoms with Gasteiger partial charge in [-0.25, -0.2) is 0 Å². The monoisotopic (exact) mass is 362 g/mol. The number of hydrogen-bond acceptors (Lipinski definition) is 5. The minimum Gasteiger partial charge on any atom is -0.497 e. The molecule has 0 N–H and O–H groups in total. The number of hydrogen-bond donors (Lipinski definition) is 0. The van der Waals surface area contributed by atoms with Gasteiger partial charge in [-0.15, -0.1) is 0 Å². The van der Waals surface area contributed by atoms with E-state index in [1.54, 1.807) is 30.2 Å². The van der Waals surface area contributed by atoms with E-state index in [0.29, 0.717) is 49.8 Å². The lowest BCUT2D eigenvalue weighted by atomic mass is 10.1. The van der Waals surface area contributed by atoms with Crippen LogP contribution in [0.2, 0.25) is 0 Å². The maximum Gasteiger partial charge on any atom is 0.257 e.